The third-order valence-corrected chi connectivity index (χ3v) is 4.04. The molecule has 0 bridgehead atoms. The van der Waals surface area contributed by atoms with Gasteiger partial charge in [-0.1, -0.05) is 6.92 Å². The number of nitrogens with zero attached hydrogens (tertiary/aromatic N) is 1. The van der Waals surface area contributed by atoms with E-state index < -0.39 is 0 Å². The second kappa shape index (κ2) is 7.04. The number of pyridine rings is 1. The lowest BCUT2D eigenvalue weighted by Gasteiger charge is -2.17. The maximum Gasteiger partial charge on any atom is 0.255 e. The van der Waals surface area contributed by atoms with Crippen molar-refractivity contribution in [2.45, 2.75) is 25.9 Å². The first-order valence-electron chi connectivity index (χ1n) is 6.88. The molecule has 110 valence electrons. The number of amides is 1. The van der Waals surface area contributed by atoms with Gasteiger partial charge in [0.05, 0.1) is 11.7 Å². The van der Waals surface area contributed by atoms with E-state index in [-0.39, 0.29) is 12.0 Å². The summed E-state index contributed by atoms with van der Waals surface area (Å²) in [5.74, 6) is 0.882. The first-order chi connectivity index (χ1) is 9.65. The van der Waals surface area contributed by atoms with Gasteiger partial charge in [0.1, 0.15) is 5.82 Å². The van der Waals surface area contributed by atoms with E-state index in [0.717, 1.165) is 23.9 Å². The van der Waals surface area contributed by atoms with Gasteiger partial charge in [-0.05, 0) is 34.8 Å². The standard InChI is InChI=1S/C14H20BrN3O2/c1-3-12-9(4-5-20-12)7-18-14(19)11-6-10(15)8-17-13(11)16-2/h6,8-9,12H,3-5,7H2,1-2H3,(H,16,17)(H,18,19). The molecule has 2 rings (SSSR count). The minimum atomic E-state index is -0.107. The first kappa shape index (κ1) is 15.3. The van der Waals surface area contributed by atoms with Gasteiger partial charge in [0.25, 0.3) is 5.91 Å². The molecule has 6 heteroatoms. The lowest BCUT2D eigenvalue weighted by Crippen LogP contribution is -2.33. The number of ether oxygens (including phenoxy) is 1. The third-order valence-electron chi connectivity index (χ3n) is 3.61. The molecule has 0 aliphatic carbocycles. The largest absolute Gasteiger partial charge is 0.378 e. The fourth-order valence-corrected chi connectivity index (χ4v) is 2.84. The van der Waals surface area contributed by atoms with Crippen LogP contribution in [-0.4, -0.2) is 37.2 Å². The minimum absolute atomic E-state index is 0.107. The number of aromatic nitrogens is 1. The van der Waals surface area contributed by atoms with E-state index in [1.165, 1.54) is 0 Å². The van der Waals surface area contributed by atoms with Crippen LogP contribution in [0.1, 0.15) is 30.1 Å². The zero-order valence-corrected chi connectivity index (χ0v) is 13.4. The topological polar surface area (TPSA) is 63.2 Å². The summed E-state index contributed by atoms with van der Waals surface area (Å²) < 4.78 is 6.42. The van der Waals surface area contributed by atoms with Crippen LogP contribution in [-0.2, 0) is 4.74 Å². The van der Waals surface area contributed by atoms with Crippen LogP contribution in [0.15, 0.2) is 16.7 Å². The Kier molecular flexibility index (Phi) is 5.37. The van der Waals surface area contributed by atoms with Gasteiger partial charge in [-0.2, -0.15) is 0 Å². The van der Waals surface area contributed by atoms with Gasteiger partial charge >= 0.3 is 0 Å². The summed E-state index contributed by atoms with van der Waals surface area (Å²) >= 11 is 3.34. The van der Waals surface area contributed by atoms with E-state index in [2.05, 4.69) is 38.5 Å². The summed E-state index contributed by atoms with van der Waals surface area (Å²) in [6.45, 7) is 3.55. The Morgan fingerprint density at radius 1 is 1.60 bits per heavy atom. The van der Waals surface area contributed by atoms with Gasteiger partial charge in [0, 0.05) is 36.8 Å². The molecule has 1 fully saturated rings. The SMILES string of the molecule is CCC1OCCC1CNC(=O)c1cc(Br)cnc1NC. The van der Waals surface area contributed by atoms with Crippen molar-refractivity contribution in [2.75, 3.05) is 25.5 Å². The molecule has 5 nitrogen and oxygen atoms in total. The van der Waals surface area contributed by atoms with Crippen molar-refractivity contribution in [2.24, 2.45) is 5.92 Å². The molecule has 0 spiro atoms. The Hall–Kier alpha value is -1.14. The number of carbonyl (C=O) groups is 1. The summed E-state index contributed by atoms with van der Waals surface area (Å²) in [7, 11) is 1.75. The number of halogens is 1. The summed E-state index contributed by atoms with van der Waals surface area (Å²) in [4.78, 5) is 16.5. The van der Waals surface area contributed by atoms with Gasteiger partial charge in [0.2, 0.25) is 0 Å². The van der Waals surface area contributed by atoms with E-state index in [9.17, 15) is 4.79 Å². The molecule has 1 saturated heterocycles. The Bertz CT molecular complexity index is 481. The van der Waals surface area contributed by atoms with Crippen LogP contribution in [0.3, 0.4) is 0 Å². The summed E-state index contributed by atoms with van der Waals surface area (Å²) in [5.41, 5.74) is 0.550. The van der Waals surface area contributed by atoms with Gasteiger partial charge < -0.3 is 15.4 Å². The fourth-order valence-electron chi connectivity index (χ4n) is 2.51. The highest BCUT2D eigenvalue weighted by Crippen LogP contribution is 2.23. The number of carbonyl (C=O) groups excluding carboxylic acids is 1. The molecule has 20 heavy (non-hydrogen) atoms. The quantitative estimate of drug-likeness (QED) is 0.863. The van der Waals surface area contributed by atoms with E-state index in [4.69, 9.17) is 4.74 Å². The van der Waals surface area contributed by atoms with Gasteiger partial charge in [-0.25, -0.2) is 4.98 Å². The van der Waals surface area contributed by atoms with Gasteiger partial charge in [-0.3, -0.25) is 4.79 Å². The fraction of sp³-hybridized carbons (Fsp3) is 0.571. The molecule has 0 aromatic carbocycles. The average molecular weight is 342 g/mol. The Labute approximate surface area is 127 Å². The molecule has 1 aromatic heterocycles. The Morgan fingerprint density at radius 3 is 3.10 bits per heavy atom. The van der Waals surface area contributed by atoms with Crippen LogP contribution in [0, 0.1) is 5.92 Å². The predicted octanol–water partition coefficient (Wildman–Crippen LogP) is 2.43. The molecule has 2 atom stereocenters. The zero-order valence-electron chi connectivity index (χ0n) is 11.8. The molecular weight excluding hydrogens is 322 g/mol. The van der Waals surface area contributed by atoms with E-state index in [1.54, 1.807) is 19.3 Å². The molecule has 2 heterocycles. The second-order valence-corrected chi connectivity index (χ2v) is 5.79. The molecule has 0 saturated carbocycles. The number of nitrogens with one attached hydrogen (secondary N) is 2. The highest BCUT2D eigenvalue weighted by atomic mass is 79.9. The average Bonchev–Trinajstić information content (AvgIpc) is 2.92. The van der Waals surface area contributed by atoms with Crippen LogP contribution in [0.5, 0.6) is 0 Å². The highest BCUT2D eigenvalue weighted by Gasteiger charge is 2.27. The smallest absolute Gasteiger partial charge is 0.255 e. The van der Waals surface area contributed by atoms with Gasteiger partial charge in [-0.15, -0.1) is 0 Å². The van der Waals surface area contributed by atoms with Crippen molar-refractivity contribution in [1.29, 1.82) is 0 Å². The zero-order chi connectivity index (χ0) is 14.5. The molecule has 2 unspecified atom stereocenters. The summed E-state index contributed by atoms with van der Waals surface area (Å²) in [6.07, 6.45) is 3.93. The van der Waals surface area contributed by atoms with Crippen molar-refractivity contribution in [3.05, 3.63) is 22.3 Å². The summed E-state index contributed by atoms with van der Waals surface area (Å²) in [6, 6.07) is 1.77. The maximum atomic E-state index is 12.3. The Balaban J connectivity index is 2.00. The monoisotopic (exact) mass is 341 g/mol. The molecular formula is C14H20BrN3O2. The Morgan fingerprint density at radius 2 is 2.40 bits per heavy atom. The van der Waals surface area contributed by atoms with Crippen LogP contribution in [0.25, 0.3) is 0 Å². The van der Waals surface area contributed by atoms with E-state index in [0.29, 0.717) is 23.8 Å². The van der Waals surface area contributed by atoms with Crippen molar-refractivity contribution in [1.82, 2.24) is 10.3 Å². The van der Waals surface area contributed by atoms with Crippen molar-refractivity contribution < 1.29 is 9.53 Å². The van der Waals surface area contributed by atoms with Crippen LogP contribution >= 0.6 is 15.9 Å². The molecule has 1 aromatic rings. The number of anilines is 1. The number of hydrogen-bond donors (Lipinski definition) is 2. The molecule has 0 radical (unpaired) electrons. The van der Waals surface area contributed by atoms with Crippen LogP contribution < -0.4 is 10.6 Å². The minimum Gasteiger partial charge on any atom is -0.378 e. The molecule has 2 N–H and O–H groups in total. The predicted molar refractivity (Wildman–Crippen MR) is 82.0 cm³/mol. The van der Waals surface area contributed by atoms with Crippen LogP contribution in [0.4, 0.5) is 5.82 Å². The normalized spacial score (nSPS) is 21.8. The maximum absolute atomic E-state index is 12.3. The summed E-state index contributed by atoms with van der Waals surface area (Å²) in [5, 5.41) is 5.92. The van der Waals surface area contributed by atoms with Crippen molar-refractivity contribution in [3.8, 4) is 0 Å². The van der Waals surface area contributed by atoms with Crippen LogP contribution in [0.2, 0.25) is 0 Å². The van der Waals surface area contributed by atoms with Gasteiger partial charge in [0.15, 0.2) is 0 Å². The van der Waals surface area contributed by atoms with E-state index >= 15 is 0 Å². The molecule has 1 aliphatic heterocycles. The van der Waals surface area contributed by atoms with Crippen molar-refractivity contribution >= 4 is 27.7 Å². The van der Waals surface area contributed by atoms with Crippen molar-refractivity contribution in [3.63, 3.8) is 0 Å². The highest BCUT2D eigenvalue weighted by molar-refractivity contribution is 9.10. The second-order valence-electron chi connectivity index (χ2n) is 4.88. The third kappa shape index (κ3) is 3.49. The first-order valence-corrected chi connectivity index (χ1v) is 7.68. The number of hydrogen-bond acceptors (Lipinski definition) is 4. The molecule has 1 aliphatic rings. The lowest BCUT2D eigenvalue weighted by atomic mass is 9.99. The lowest BCUT2D eigenvalue weighted by molar-refractivity contribution is 0.0827. The van der Waals surface area contributed by atoms with E-state index in [1.807, 2.05) is 0 Å². The molecule has 1 amide bonds. The number of rotatable bonds is 5.